The first-order valence-corrected chi connectivity index (χ1v) is 7.74. The Labute approximate surface area is 142 Å². The molecule has 132 valence electrons. The summed E-state index contributed by atoms with van der Waals surface area (Å²) in [5.41, 5.74) is -0.977. The van der Waals surface area contributed by atoms with Crippen molar-refractivity contribution < 1.29 is 14.4 Å². The Balaban J connectivity index is 0.00000264. The second-order valence-corrected chi connectivity index (χ2v) is 6.20. The SMILES string of the molecule is CC1(C)C(=O)NC(=O)N1CC(=O)NCCCN1CCNCC1.Cl. The van der Waals surface area contributed by atoms with Crippen LogP contribution < -0.4 is 16.0 Å². The smallest absolute Gasteiger partial charge is 0.325 e. The van der Waals surface area contributed by atoms with Crippen molar-refractivity contribution >= 4 is 30.3 Å². The summed E-state index contributed by atoms with van der Waals surface area (Å²) < 4.78 is 0. The van der Waals surface area contributed by atoms with E-state index in [1.54, 1.807) is 13.8 Å². The number of carbonyl (C=O) groups excluding carboxylic acids is 3. The number of hydrogen-bond acceptors (Lipinski definition) is 5. The molecular formula is C14H26ClN5O3. The third kappa shape index (κ3) is 5.05. The molecule has 3 N–H and O–H groups in total. The van der Waals surface area contributed by atoms with Gasteiger partial charge in [-0.15, -0.1) is 12.4 Å². The first-order chi connectivity index (χ1) is 10.4. The lowest BCUT2D eigenvalue weighted by atomic mass is 10.0. The maximum atomic E-state index is 11.9. The van der Waals surface area contributed by atoms with E-state index in [1.165, 1.54) is 4.90 Å². The zero-order chi connectivity index (χ0) is 16.2. The normalized spacial score (nSPS) is 20.9. The van der Waals surface area contributed by atoms with Crippen molar-refractivity contribution in [3.8, 4) is 0 Å². The lowest BCUT2D eigenvalue weighted by molar-refractivity contribution is -0.127. The van der Waals surface area contributed by atoms with Crippen molar-refractivity contribution in [3.05, 3.63) is 0 Å². The number of imide groups is 1. The summed E-state index contributed by atoms with van der Waals surface area (Å²) in [6, 6.07) is -0.508. The second kappa shape index (κ2) is 8.47. The average molecular weight is 348 g/mol. The summed E-state index contributed by atoms with van der Waals surface area (Å²) in [5, 5.41) is 8.33. The van der Waals surface area contributed by atoms with Gasteiger partial charge in [0.15, 0.2) is 0 Å². The van der Waals surface area contributed by atoms with Crippen molar-refractivity contribution in [3.63, 3.8) is 0 Å². The molecule has 0 unspecified atom stereocenters. The molecule has 0 aromatic carbocycles. The number of hydrogen-bond donors (Lipinski definition) is 3. The van der Waals surface area contributed by atoms with Gasteiger partial charge in [-0.25, -0.2) is 4.79 Å². The first-order valence-electron chi connectivity index (χ1n) is 7.74. The summed E-state index contributed by atoms with van der Waals surface area (Å²) in [5.74, 6) is -0.609. The molecule has 0 bridgehead atoms. The quantitative estimate of drug-likeness (QED) is 0.430. The molecule has 2 heterocycles. The fourth-order valence-corrected chi connectivity index (χ4v) is 2.63. The molecule has 2 aliphatic heterocycles. The van der Waals surface area contributed by atoms with E-state index >= 15 is 0 Å². The number of nitrogens with zero attached hydrogens (tertiary/aromatic N) is 2. The van der Waals surface area contributed by atoms with Crippen LogP contribution in [0.15, 0.2) is 0 Å². The number of carbonyl (C=O) groups is 3. The molecular weight excluding hydrogens is 322 g/mol. The lowest BCUT2D eigenvalue weighted by Gasteiger charge is -2.28. The third-order valence-electron chi connectivity index (χ3n) is 4.18. The minimum atomic E-state index is -0.977. The predicted molar refractivity (Wildman–Crippen MR) is 88.5 cm³/mol. The summed E-state index contributed by atoms with van der Waals surface area (Å²) in [6.07, 6.45) is 0.875. The summed E-state index contributed by atoms with van der Waals surface area (Å²) in [7, 11) is 0. The minimum Gasteiger partial charge on any atom is -0.355 e. The van der Waals surface area contributed by atoms with Crippen LogP contribution in [0.1, 0.15) is 20.3 Å². The Hall–Kier alpha value is -1.38. The van der Waals surface area contributed by atoms with Gasteiger partial charge in [0.2, 0.25) is 5.91 Å². The fourth-order valence-electron chi connectivity index (χ4n) is 2.63. The average Bonchev–Trinajstić information content (AvgIpc) is 2.67. The summed E-state index contributed by atoms with van der Waals surface area (Å²) >= 11 is 0. The third-order valence-corrected chi connectivity index (χ3v) is 4.18. The van der Waals surface area contributed by atoms with Crippen molar-refractivity contribution in [1.29, 1.82) is 0 Å². The monoisotopic (exact) mass is 347 g/mol. The van der Waals surface area contributed by atoms with Gasteiger partial charge in [0.25, 0.3) is 5.91 Å². The largest absolute Gasteiger partial charge is 0.355 e. The van der Waals surface area contributed by atoms with Crippen LogP contribution in [0.25, 0.3) is 0 Å². The van der Waals surface area contributed by atoms with Gasteiger partial charge in [-0.3, -0.25) is 14.9 Å². The van der Waals surface area contributed by atoms with Gasteiger partial charge in [0, 0.05) is 32.7 Å². The van der Waals surface area contributed by atoms with Crippen LogP contribution in [0.4, 0.5) is 4.79 Å². The highest BCUT2D eigenvalue weighted by Crippen LogP contribution is 2.19. The maximum Gasteiger partial charge on any atom is 0.325 e. The van der Waals surface area contributed by atoms with E-state index in [2.05, 4.69) is 20.9 Å². The van der Waals surface area contributed by atoms with Gasteiger partial charge in [-0.1, -0.05) is 0 Å². The molecule has 0 aromatic heterocycles. The van der Waals surface area contributed by atoms with Crippen molar-refractivity contribution in [2.45, 2.75) is 25.8 Å². The molecule has 9 heteroatoms. The highest BCUT2D eigenvalue weighted by atomic mass is 35.5. The lowest BCUT2D eigenvalue weighted by Crippen LogP contribution is -2.49. The molecule has 2 aliphatic rings. The van der Waals surface area contributed by atoms with Gasteiger partial charge < -0.3 is 20.4 Å². The molecule has 4 amide bonds. The molecule has 8 nitrogen and oxygen atoms in total. The zero-order valence-corrected chi connectivity index (χ0v) is 14.5. The number of amides is 4. The van der Waals surface area contributed by atoms with E-state index in [1.807, 2.05) is 0 Å². The number of nitrogens with one attached hydrogen (secondary N) is 3. The van der Waals surface area contributed by atoms with E-state index in [9.17, 15) is 14.4 Å². The summed E-state index contributed by atoms with van der Waals surface area (Å²) in [4.78, 5) is 38.8. The van der Waals surface area contributed by atoms with Crippen LogP contribution in [0.5, 0.6) is 0 Å². The number of rotatable bonds is 6. The number of halogens is 1. The van der Waals surface area contributed by atoms with Crippen LogP contribution in [-0.2, 0) is 9.59 Å². The van der Waals surface area contributed by atoms with E-state index in [0.29, 0.717) is 6.54 Å². The molecule has 2 fully saturated rings. The Morgan fingerprint density at radius 1 is 1.26 bits per heavy atom. The molecule has 0 radical (unpaired) electrons. The standard InChI is InChI=1S/C14H25N5O3.ClH/c1-14(2)12(21)17-13(22)19(14)10-11(20)16-4-3-7-18-8-5-15-6-9-18;/h15H,3-10H2,1-2H3,(H,16,20)(H,17,21,22);1H. The Bertz CT molecular complexity index is 452. The molecule has 23 heavy (non-hydrogen) atoms. The molecule has 0 aromatic rings. The highest BCUT2D eigenvalue weighted by Gasteiger charge is 2.46. The van der Waals surface area contributed by atoms with E-state index in [4.69, 9.17) is 0 Å². The van der Waals surface area contributed by atoms with Crippen molar-refractivity contribution in [1.82, 2.24) is 25.8 Å². The molecule has 0 saturated carbocycles. The molecule has 2 rings (SSSR count). The van der Waals surface area contributed by atoms with Gasteiger partial charge in [0.1, 0.15) is 12.1 Å². The Morgan fingerprint density at radius 2 is 1.91 bits per heavy atom. The van der Waals surface area contributed by atoms with Gasteiger partial charge in [0.05, 0.1) is 0 Å². The maximum absolute atomic E-state index is 11.9. The Morgan fingerprint density at radius 3 is 2.48 bits per heavy atom. The van der Waals surface area contributed by atoms with Crippen LogP contribution in [-0.4, -0.2) is 79.0 Å². The number of piperazine rings is 1. The van der Waals surface area contributed by atoms with Crippen LogP contribution in [0.2, 0.25) is 0 Å². The fraction of sp³-hybridized carbons (Fsp3) is 0.786. The second-order valence-electron chi connectivity index (χ2n) is 6.20. The minimum absolute atomic E-state index is 0. The molecule has 0 spiro atoms. The van der Waals surface area contributed by atoms with Crippen molar-refractivity contribution in [2.24, 2.45) is 0 Å². The van der Waals surface area contributed by atoms with Gasteiger partial charge >= 0.3 is 6.03 Å². The van der Waals surface area contributed by atoms with E-state index in [0.717, 1.165) is 39.1 Å². The van der Waals surface area contributed by atoms with Crippen LogP contribution in [0, 0.1) is 0 Å². The van der Waals surface area contributed by atoms with E-state index in [-0.39, 0.29) is 30.8 Å². The molecule has 0 aliphatic carbocycles. The zero-order valence-electron chi connectivity index (χ0n) is 13.7. The van der Waals surface area contributed by atoms with Crippen LogP contribution in [0.3, 0.4) is 0 Å². The summed E-state index contributed by atoms with van der Waals surface area (Å²) in [6.45, 7) is 8.80. The van der Waals surface area contributed by atoms with Gasteiger partial charge in [-0.05, 0) is 26.8 Å². The molecule has 0 atom stereocenters. The predicted octanol–water partition coefficient (Wildman–Crippen LogP) is -0.850. The van der Waals surface area contributed by atoms with Crippen LogP contribution >= 0.6 is 12.4 Å². The van der Waals surface area contributed by atoms with Gasteiger partial charge in [-0.2, -0.15) is 0 Å². The first kappa shape index (κ1) is 19.7. The van der Waals surface area contributed by atoms with E-state index < -0.39 is 11.6 Å². The molecule has 2 saturated heterocycles. The Kier molecular flexibility index (Phi) is 7.24. The van der Waals surface area contributed by atoms with Crippen molar-refractivity contribution in [2.75, 3.05) is 45.8 Å². The topological polar surface area (TPSA) is 93.8 Å². The highest BCUT2D eigenvalue weighted by molar-refractivity contribution is 6.07. The number of urea groups is 1.